The third-order valence-corrected chi connectivity index (χ3v) is 21.0. The zero-order valence-corrected chi connectivity index (χ0v) is 65.3. The van der Waals surface area contributed by atoms with Crippen LogP contribution in [0, 0.1) is 17.8 Å². The normalized spacial score (nSPS) is 33.8. The number of guanidine groups is 1. The molecule has 0 aliphatic carbocycles. The maximum atomic E-state index is 14.5. The number of nitrogens with zero attached hydrogens (tertiary/aromatic N) is 3. The second-order valence-electron chi connectivity index (χ2n) is 30.1. The number of hydrogen-bond donors (Lipinski definition) is 19. The van der Waals surface area contributed by atoms with Crippen molar-refractivity contribution in [3.8, 4) is 0 Å². The molecular weight excluding hydrogens is 1430 g/mol. The number of amides is 3. The van der Waals surface area contributed by atoms with Crippen LogP contribution in [0.2, 0.25) is 0 Å². The second kappa shape index (κ2) is 48.2. The van der Waals surface area contributed by atoms with Crippen molar-refractivity contribution in [2.45, 2.75) is 278 Å². The van der Waals surface area contributed by atoms with E-state index in [0.29, 0.717) is 38.5 Å². The van der Waals surface area contributed by atoms with E-state index in [1.165, 1.54) is 25.7 Å². The van der Waals surface area contributed by atoms with E-state index in [0.717, 1.165) is 0 Å². The number of cyclic esters (lactones) is 1. The summed E-state index contributed by atoms with van der Waals surface area (Å²) in [7, 11) is 1.71. The number of rotatable bonds is 28. The zero-order valence-electron chi connectivity index (χ0n) is 65.3. The molecular formula is C77H131N11O22. The lowest BCUT2D eigenvalue weighted by molar-refractivity contribution is -0.321. The number of fused-ring (bicyclic) bond motifs is 2. The van der Waals surface area contributed by atoms with Crippen LogP contribution in [0.1, 0.15) is 145 Å². The summed E-state index contributed by atoms with van der Waals surface area (Å²) in [6.07, 6.45) is 5.81. The number of aliphatic hydroxyl groups is 11. The number of ether oxygens (including phenoxy) is 5. The Balaban J connectivity index is 1.57. The smallest absolute Gasteiger partial charge is 0.308 e. The third kappa shape index (κ3) is 31.3. The number of nitrogens with two attached hydrogens (primary N) is 5. The molecule has 0 radical (unpaired) electrons. The molecule has 110 heavy (non-hydrogen) atoms. The number of Topliss-reactive ketones (excluding diaryl/α,β-unsaturated/α-hetero) is 1. The lowest BCUT2D eigenvalue weighted by Gasteiger charge is -2.48. The molecule has 33 heteroatoms. The van der Waals surface area contributed by atoms with E-state index in [9.17, 15) is 84.9 Å². The topological polar surface area (TPSA) is 556 Å². The van der Waals surface area contributed by atoms with E-state index < -0.39 is 194 Å². The van der Waals surface area contributed by atoms with E-state index in [2.05, 4.69) is 20.9 Å². The molecule has 24 N–H and O–H groups in total. The van der Waals surface area contributed by atoms with Gasteiger partial charge in [0.15, 0.2) is 23.8 Å². The van der Waals surface area contributed by atoms with Crippen LogP contribution in [0.25, 0.3) is 0 Å². The van der Waals surface area contributed by atoms with E-state index in [1.54, 1.807) is 112 Å². The summed E-state index contributed by atoms with van der Waals surface area (Å²) in [5.74, 6) is -7.88. The van der Waals surface area contributed by atoms with E-state index in [-0.39, 0.29) is 109 Å². The summed E-state index contributed by atoms with van der Waals surface area (Å²) >= 11 is 0. The molecule has 4 aliphatic heterocycles. The molecule has 25 unspecified atom stereocenters. The molecule has 626 valence electrons. The van der Waals surface area contributed by atoms with Crippen LogP contribution < -0.4 is 44.6 Å². The van der Waals surface area contributed by atoms with Gasteiger partial charge in [0.25, 0.3) is 0 Å². The summed E-state index contributed by atoms with van der Waals surface area (Å²) < 4.78 is 30.3. The number of nitrogens with one attached hydrogen (secondary N) is 3. The molecule has 3 saturated heterocycles. The summed E-state index contributed by atoms with van der Waals surface area (Å²) in [6.45, 7) is 11.7. The molecule has 0 aromatic rings. The average molecular weight is 1560 g/mol. The molecule has 4 rings (SSSR count). The number of aldehydes is 1. The Morgan fingerprint density at radius 1 is 0.782 bits per heavy atom. The van der Waals surface area contributed by atoms with Crippen LogP contribution in [0.15, 0.2) is 90.1 Å². The quantitative estimate of drug-likeness (QED) is 0.0132. The van der Waals surface area contributed by atoms with Crippen molar-refractivity contribution in [2.75, 3.05) is 59.5 Å². The first-order valence-corrected chi connectivity index (χ1v) is 38.5. The van der Waals surface area contributed by atoms with Crippen molar-refractivity contribution in [1.82, 2.24) is 25.8 Å². The highest BCUT2D eigenvalue weighted by Crippen LogP contribution is 2.39. The highest BCUT2D eigenvalue weighted by atomic mass is 16.7. The zero-order chi connectivity index (χ0) is 82.1. The van der Waals surface area contributed by atoms with Crippen LogP contribution in [-0.2, 0) is 52.5 Å². The number of likely N-dealkylation sites (N-methyl/N-ethyl adjacent to an activating group) is 1. The largest absolute Gasteiger partial charge is 0.462 e. The standard InChI is InChI=1S/C77H131N11O22/c1-47-25-19-17-15-13-11-9-10-12-14-16-18-20-26-56(109-73-75(7,104)69(80)68(100)52(6)108-73)42-62-64(61(96)44-77(105,110-62)43-55(93)40-60(95)59(94)30-29-53(91)39-54(92)41-63(97)107-51(5)48(2)66(47)98)70(101)83-34-37-106-38-36-87(8)49(3)67(99)57(28-23-33-84-74(81)82)85-45-76(46-89)31-24-35-88(76)72(103)58(27-21-22-32-78)86-71(102)65(79)50(4)90/h9-20,25-26,46-62,64-66,68-69,73,85,90-96,98,100,104-105H,21-24,27-45,78-80H2,1-8H3,(H,83,101)(H,86,102)(H4,81,82,84). The van der Waals surface area contributed by atoms with Crippen molar-refractivity contribution in [1.29, 1.82) is 0 Å². The fourth-order valence-electron chi connectivity index (χ4n) is 13.7. The van der Waals surface area contributed by atoms with Crippen molar-refractivity contribution in [3.05, 3.63) is 85.1 Å². The third-order valence-electron chi connectivity index (χ3n) is 21.0. The number of esters is 1. The van der Waals surface area contributed by atoms with Crippen molar-refractivity contribution < 1.29 is 109 Å². The minimum absolute atomic E-state index is 0.0474. The minimum atomic E-state index is -2.41. The molecule has 4 aliphatic rings. The molecule has 33 nitrogen and oxygen atoms in total. The van der Waals surface area contributed by atoms with Crippen LogP contribution in [0.4, 0.5) is 0 Å². The summed E-state index contributed by atoms with van der Waals surface area (Å²) in [4.78, 5) is 89.7. The van der Waals surface area contributed by atoms with Gasteiger partial charge in [0.2, 0.25) is 17.7 Å². The van der Waals surface area contributed by atoms with Gasteiger partial charge in [0, 0.05) is 70.2 Å². The van der Waals surface area contributed by atoms with E-state index in [1.807, 2.05) is 13.0 Å². The first-order chi connectivity index (χ1) is 51.9. The van der Waals surface area contributed by atoms with Crippen LogP contribution in [-0.4, -0.2) is 300 Å². The molecule has 4 heterocycles. The SMILES string of the molecule is CC(O)C(N)C(=O)NC(CCCCN)C(=O)N1CCCC1(C=O)CNC(CCCN=C(N)N)C(=O)C(C)N(C)CCOCCNC(=O)C1C(O)CC2(O)CC(O)CC(O)C(O)CCC(O)CC(O)CC(=O)OC(C)C(C)C(O)C(C)C=CC=CC=CC=CC=CC=CC=CC(OC3OC(C)C(O)C(N)C3(C)O)CC1O2. The fourth-order valence-corrected chi connectivity index (χ4v) is 13.7. The van der Waals surface area contributed by atoms with Gasteiger partial charge in [-0.25, -0.2) is 0 Å². The Bertz CT molecular complexity index is 3060. The molecule has 0 saturated carbocycles. The summed E-state index contributed by atoms with van der Waals surface area (Å²) in [6, 6.07) is -5.30. The minimum Gasteiger partial charge on any atom is -0.462 e. The Labute approximate surface area is 647 Å². The Morgan fingerprint density at radius 2 is 1.41 bits per heavy atom. The lowest BCUT2D eigenvalue weighted by Crippen LogP contribution is -2.68. The first-order valence-electron chi connectivity index (χ1n) is 38.5. The van der Waals surface area contributed by atoms with Crippen LogP contribution >= 0.6 is 0 Å². The number of allylic oxidation sites excluding steroid dienone is 12. The van der Waals surface area contributed by atoms with Gasteiger partial charge in [-0.15, -0.1) is 0 Å². The maximum absolute atomic E-state index is 14.5. The van der Waals surface area contributed by atoms with Gasteiger partial charge in [-0.05, 0) is 112 Å². The number of unbranched alkanes of at least 4 members (excludes halogenated alkanes) is 1. The molecule has 0 aromatic carbocycles. The molecule has 0 spiro atoms. The summed E-state index contributed by atoms with van der Waals surface area (Å²) in [5.41, 5.74) is 25.8. The predicted octanol–water partition coefficient (Wildman–Crippen LogP) is -2.07. The number of aliphatic hydroxyl groups excluding tert-OH is 9. The molecule has 2 bridgehead atoms. The Hall–Kier alpha value is -6.13. The second-order valence-corrected chi connectivity index (χ2v) is 30.1. The molecule has 3 amide bonds. The van der Waals surface area contributed by atoms with Crippen LogP contribution in [0.5, 0.6) is 0 Å². The number of carbonyl (C=O) groups is 6. The van der Waals surface area contributed by atoms with Gasteiger partial charge in [-0.2, -0.15) is 0 Å². The number of carbonyl (C=O) groups excluding carboxylic acids is 6. The monoisotopic (exact) mass is 1560 g/mol. The number of aliphatic imine (C=N–C) groups is 1. The Morgan fingerprint density at radius 3 is 2.03 bits per heavy atom. The van der Waals surface area contributed by atoms with Crippen molar-refractivity contribution in [3.63, 3.8) is 0 Å². The maximum Gasteiger partial charge on any atom is 0.308 e. The van der Waals surface area contributed by atoms with Crippen molar-refractivity contribution in [2.24, 2.45) is 51.4 Å². The van der Waals surface area contributed by atoms with Gasteiger partial charge in [0.05, 0.1) is 117 Å². The molecule has 25 atom stereocenters. The number of likely N-dealkylation sites (tertiary alicyclic amines) is 1. The van der Waals surface area contributed by atoms with Gasteiger partial charge in [-0.3, -0.25) is 33.9 Å². The van der Waals surface area contributed by atoms with Gasteiger partial charge >= 0.3 is 5.97 Å². The van der Waals surface area contributed by atoms with E-state index >= 15 is 0 Å². The fraction of sp³-hybridized carbons (Fsp3) is 0.727. The van der Waals surface area contributed by atoms with Crippen molar-refractivity contribution >= 4 is 41.7 Å². The average Bonchev–Trinajstić information content (AvgIpc) is 1.57. The van der Waals surface area contributed by atoms with E-state index in [4.69, 9.17) is 52.4 Å². The first kappa shape index (κ1) is 96.2. The Kier molecular flexibility index (Phi) is 42.1. The molecule has 3 fully saturated rings. The van der Waals surface area contributed by atoms with Gasteiger partial charge < -0.3 is 134 Å². The van der Waals surface area contributed by atoms with Gasteiger partial charge in [0.1, 0.15) is 35.6 Å². The highest BCUT2D eigenvalue weighted by molar-refractivity contribution is 5.92. The lowest BCUT2D eigenvalue weighted by atomic mass is 9.82. The summed E-state index contributed by atoms with van der Waals surface area (Å²) in [5, 5.41) is 132. The van der Waals surface area contributed by atoms with Crippen LogP contribution in [0.3, 0.4) is 0 Å². The van der Waals surface area contributed by atoms with Gasteiger partial charge in [-0.1, -0.05) is 98.9 Å². The number of hydrogen-bond acceptors (Lipinski definition) is 28. The number of ketones is 1. The highest BCUT2D eigenvalue weighted by Gasteiger charge is 2.54. The predicted molar refractivity (Wildman–Crippen MR) is 411 cm³/mol. The molecule has 0 aromatic heterocycles.